The summed E-state index contributed by atoms with van der Waals surface area (Å²) in [5.74, 6) is 0.996. The van der Waals surface area contributed by atoms with Gasteiger partial charge in [0.15, 0.2) is 5.78 Å². The van der Waals surface area contributed by atoms with Gasteiger partial charge in [-0.2, -0.15) is 0 Å². The van der Waals surface area contributed by atoms with E-state index in [0.717, 1.165) is 22.5 Å². The molecule has 0 N–H and O–H groups in total. The number of para-hydroxylation sites is 2. The molecule has 122 valence electrons. The molecule has 0 bridgehead atoms. The van der Waals surface area contributed by atoms with Crippen molar-refractivity contribution in [3.05, 3.63) is 59.9 Å². The molecule has 0 saturated heterocycles. The number of imidazole rings is 1. The van der Waals surface area contributed by atoms with Gasteiger partial charge in [0.1, 0.15) is 18.7 Å². The number of hydrogen-bond donors (Lipinski definition) is 0. The van der Waals surface area contributed by atoms with Crippen LogP contribution >= 0.6 is 0 Å². The van der Waals surface area contributed by atoms with Crippen LogP contribution in [0.5, 0.6) is 0 Å². The van der Waals surface area contributed by atoms with E-state index in [0.29, 0.717) is 19.0 Å². The third kappa shape index (κ3) is 2.47. The van der Waals surface area contributed by atoms with Crippen LogP contribution in [0.25, 0.3) is 11.0 Å². The van der Waals surface area contributed by atoms with Gasteiger partial charge < -0.3 is 14.2 Å². The number of nitrogens with zero attached hydrogens (tertiary/aromatic N) is 3. The number of rotatable bonds is 2. The van der Waals surface area contributed by atoms with Crippen molar-refractivity contribution in [1.29, 1.82) is 0 Å². The molecule has 4 rings (SSSR count). The van der Waals surface area contributed by atoms with Crippen LogP contribution in [0.15, 0.2) is 48.5 Å². The van der Waals surface area contributed by atoms with Crippen LogP contribution in [0.4, 0.5) is 5.69 Å². The minimum Gasteiger partial charge on any atom is -0.350 e. The second-order valence-corrected chi connectivity index (χ2v) is 6.11. The number of carbonyl (C=O) groups is 1. The van der Waals surface area contributed by atoms with Gasteiger partial charge in [-0.15, -0.1) is 0 Å². The zero-order chi connectivity index (χ0) is 16.7. The molecule has 5 nitrogen and oxygen atoms in total. The summed E-state index contributed by atoms with van der Waals surface area (Å²) in [4.78, 5) is 18.5. The molecule has 0 fully saturated rings. The first-order valence-electron chi connectivity index (χ1n) is 8.06. The van der Waals surface area contributed by atoms with Crippen LogP contribution < -0.4 is 4.90 Å². The van der Waals surface area contributed by atoms with Crippen LogP contribution in [-0.2, 0) is 11.4 Å². The van der Waals surface area contributed by atoms with E-state index in [9.17, 15) is 4.79 Å². The van der Waals surface area contributed by atoms with E-state index in [-0.39, 0.29) is 11.9 Å². The molecular formula is C19H19N3O2. The molecule has 1 aliphatic heterocycles. The van der Waals surface area contributed by atoms with Gasteiger partial charge in [0.2, 0.25) is 0 Å². The van der Waals surface area contributed by atoms with Gasteiger partial charge >= 0.3 is 0 Å². The van der Waals surface area contributed by atoms with E-state index in [2.05, 4.69) is 15.5 Å². The Labute approximate surface area is 140 Å². The Hall–Kier alpha value is -2.66. The molecule has 0 unspecified atom stereocenters. The summed E-state index contributed by atoms with van der Waals surface area (Å²) < 4.78 is 8.17. The van der Waals surface area contributed by atoms with E-state index < -0.39 is 0 Å². The number of Topliss-reactive ketones (excluding diaryl/α,β-unsaturated/α-hetero) is 1. The highest BCUT2D eigenvalue weighted by atomic mass is 16.5. The average molecular weight is 321 g/mol. The van der Waals surface area contributed by atoms with Gasteiger partial charge in [-0.05, 0) is 38.1 Å². The molecule has 1 aliphatic rings. The monoisotopic (exact) mass is 321 g/mol. The lowest BCUT2D eigenvalue weighted by Gasteiger charge is -2.23. The number of anilines is 1. The number of ketones is 1. The van der Waals surface area contributed by atoms with E-state index >= 15 is 0 Å². The number of carbonyl (C=O) groups excluding carboxylic acids is 1. The first-order chi connectivity index (χ1) is 11.6. The van der Waals surface area contributed by atoms with E-state index in [1.165, 1.54) is 0 Å². The van der Waals surface area contributed by atoms with Crippen molar-refractivity contribution >= 4 is 22.5 Å². The fourth-order valence-electron chi connectivity index (χ4n) is 3.12. The molecule has 1 aromatic heterocycles. The Bertz CT molecular complexity index is 916. The summed E-state index contributed by atoms with van der Waals surface area (Å²) in [5, 5.41) is 0. The van der Waals surface area contributed by atoms with Crippen molar-refractivity contribution in [1.82, 2.24) is 9.55 Å². The minimum atomic E-state index is -0.0848. The van der Waals surface area contributed by atoms with Crippen molar-refractivity contribution < 1.29 is 9.53 Å². The quantitative estimate of drug-likeness (QED) is 0.674. The van der Waals surface area contributed by atoms with Gasteiger partial charge in [-0.1, -0.05) is 24.3 Å². The Kier molecular flexibility index (Phi) is 3.58. The number of ether oxygens (including phenoxy) is 1. The first-order valence-corrected chi connectivity index (χ1v) is 8.06. The maximum Gasteiger partial charge on any atom is 0.159 e. The van der Waals surface area contributed by atoms with Gasteiger partial charge in [0.05, 0.1) is 17.7 Å². The molecule has 2 heterocycles. The normalized spacial score (nSPS) is 17.6. The molecule has 0 amide bonds. The molecule has 3 aromatic rings. The van der Waals surface area contributed by atoms with Crippen LogP contribution in [0.1, 0.15) is 36.1 Å². The lowest BCUT2D eigenvalue weighted by Crippen LogP contribution is -2.26. The summed E-state index contributed by atoms with van der Waals surface area (Å²) in [7, 11) is 0. The zero-order valence-electron chi connectivity index (χ0n) is 13.8. The van der Waals surface area contributed by atoms with Crippen LogP contribution in [0, 0.1) is 0 Å². The highest BCUT2D eigenvalue weighted by Crippen LogP contribution is 2.28. The second kappa shape index (κ2) is 5.76. The molecule has 0 radical (unpaired) electrons. The van der Waals surface area contributed by atoms with Crippen LogP contribution in [0.2, 0.25) is 0 Å². The zero-order valence-corrected chi connectivity index (χ0v) is 13.8. The highest BCUT2D eigenvalue weighted by Gasteiger charge is 2.23. The Morgan fingerprint density at radius 3 is 2.88 bits per heavy atom. The van der Waals surface area contributed by atoms with Gasteiger partial charge in [0.25, 0.3) is 0 Å². The third-order valence-electron chi connectivity index (χ3n) is 4.46. The largest absolute Gasteiger partial charge is 0.350 e. The summed E-state index contributed by atoms with van der Waals surface area (Å²) in [5.41, 5.74) is 3.75. The van der Waals surface area contributed by atoms with Crippen LogP contribution in [-0.4, -0.2) is 22.1 Å². The highest BCUT2D eigenvalue weighted by molar-refractivity contribution is 5.95. The summed E-state index contributed by atoms with van der Waals surface area (Å²) in [6, 6.07) is 15.8. The van der Waals surface area contributed by atoms with E-state index in [1.807, 2.05) is 49.4 Å². The number of hydrogen-bond acceptors (Lipinski definition) is 4. The predicted molar refractivity (Wildman–Crippen MR) is 93.0 cm³/mol. The summed E-state index contributed by atoms with van der Waals surface area (Å²) in [6.07, 6.45) is -0.0848. The SMILES string of the molecule is CC(=O)c1cccc(N2CO[C@H](C)c3nc4ccccc4n3C2)c1. The van der Waals surface area contributed by atoms with Gasteiger partial charge in [-0.25, -0.2) is 4.98 Å². The molecule has 0 spiro atoms. The molecule has 24 heavy (non-hydrogen) atoms. The second-order valence-electron chi connectivity index (χ2n) is 6.11. The van der Waals surface area contributed by atoms with Crippen molar-refractivity contribution in [2.45, 2.75) is 26.6 Å². The van der Waals surface area contributed by atoms with Crippen molar-refractivity contribution in [3.63, 3.8) is 0 Å². The maximum absolute atomic E-state index is 11.7. The van der Waals surface area contributed by atoms with Gasteiger partial charge in [0, 0.05) is 11.3 Å². The third-order valence-corrected chi connectivity index (χ3v) is 4.46. The lowest BCUT2D eigenvalue weighted by molar-refractivity contribution is 0.0677. The molecule has 1 atom stereocenters. The molecular weight excluding hydrogens is 302 g/mol. The van der Waals surface area contributed by atoms with Crippen LogP contribution in [0.3, 0.4) is 0 Å². The maximum atomic E-state index is 11.7. The minimum absolute atomic E-state index is 0.0646. The molecule has 0 aliphatic carbocycles. The number of aromatic nitrogens is 2. The molecule has 0 saturated carbocycles. The van der Waals surface area contributed by atoms with E-state index in [1.54, 1.807) is 6.92 Å². The average Bonchev–Trinajstić information content (AvgIpc) is 2.88. The fraction of sp³-hybridized carbons (Fsp3) is 0.263. The van der Waals surface area contributed by atoms with Crippen molar-refractivity contribution in [3.8, 4) is 0 Å². The smallest absolute Gasteiger partial charge is 0.159 e. The lowest BCUT2D eigenvalue weighted by atomic mass is 10.1. The van der Waals surface area contributed by atoms with Gasteiger partial charge in [-0.3, -0.25) is 4.79 Å². The first kappa shape index (κ1) is 14.9. The molecule has 2 aromatic carbocycles. The standard InChI is InChI=1S/C19H19N3O2/c1-13(23)15-6-5-7-16(10-15)21-11-22-18-9-4-3-8-17(18)20-19(22)14(2)24-12-21/h3-10,14H,11-12H2,1-2H3/t14-/m1/s1. The van der Waals surface area contributed by atoms with Crippen molar-refractivity contribution in [2.24, 2.45) is 0 Å². The Balaban J connectivity index is 1.78. The Morgan fingerprint density at radius 2 is 2.04 bits per heavy atom. The molecule has 5 heteroatoms. The van der Waals surface area contributed by atoms with E-state index in [4.69, 9.17) is 9.72 Å². The predicted octanol–water partition coefficient (Wildman–Crippen LogP) is 3.75. The topological polar surface area (TPSA) is 47.4 Å². The number of fused-ring (bicyclic) bond motifs is 3. The summed E-state index contributed by atoms with van der Waals surface area (Å²) >= 11 is 0. The number of benzene rings is 2. The Morgan fingerprint density at radius 1 is 1.21 bits per heavy atom. The van der Waals surface area contributed by atoms with Crippen molar-refractivity contribution in [2.75, 3.05) is 11.6 Å². The summed E-state index contributed by atoms with van der Waals surface area (Å²) in [6.45, 7) is 4.70. The fourth-order valence-corrected chi connectivity index (χ4v) is 3.12.